The van der Waals surface area contributed by atoms with Gasteiger partial charge in [-0.05, 0) is 31.0 Å². The van der Waals surface area contributed by atoms with Gasteiger partial charge in [-0.15, -0.1) is 0 Å². The summed E-state index contributed by atoms with van der Waals surface area (Å²) in [6.07, 6.45) is 10.6. The Balaban J connectivity index is 1.79. The number of hydrogen-bond acceptors (Lipinski definition) is 4. The van der Waals surface area contributed by atoms with Gasteiger partial charge in [0, 0.05) is 10.9 Å². The number of benzene rings is 1. The second-order valence-corrected chi connectivity index (χ2v) is 7.04. The van der Waals surface area contributed by atoms with Gasteiger partial charge in [0.15, 0.2) is 0 Å². The fourth-order valence-electron chi connectivity index (χ4n) is 2.89. The molecule has 2 rings (SSSR count). The molecular weight excluding hydrogens is 352 g/mol. The molecule has 0 radical (unpaired) electrons. The van der Waals surface area contributed by atoms with Crippen molar-refractivity contribution >= 4 is 11.6 Å². The largest absolute Gasteiger partial charge is 0.491 e. The Hall–Kier alpha value is -1.33. The molecule has 1 saturated heterocycles. The second kappa shape index (κ2) is 11.4. The molecule has 0 amide bonds. The summed E-state index contributed by atoms with van der Waals surface area (Å²) in [5.41, 5.74) is 0. The minimum Gasteiger partial charge on any atom is -0.491 e. The van der Waals surface area contributed by atoms with E-state index in [1.807, 2.05) is 6.08 Å². The highest BCUT2D eigenvalue weighted by Gasteiger charge is 2.33. The van der Waals surface area contributed by atoms with E-state index in [1.165, 1.54) is 12.8 Å². The van der Waals surface area contributed by atoms with Crippen molar-refractivity contribution in [2.24, 2.45) is 5.92 Å². The highest BCUT2D eigenvalue weighted by molar-refractivity contribution is 6.30. The summed E-state index contributed by atoms with van der Waals surface area (Å²) in [6, 6.07) is 7.06. The molecule has 5 heteroatoms. The average Bonchev–Trinajstić information content (AvgIpc) is 2.98. The summed E-state index contributed by atoms with van der Waals surface area (Å²) in [6.45, 7) is 2.63. The van der Waals surface area contributed by atoms with E-state index in [0.717, 1.165) is 12.8 Å². The van der Waals surface area contributed by atoms with E-state index < -0.39 is 12.2 Å². The van der Waals surface area contributed by atoms with Crippen molar-refractivity contribution in [2.45, 2.75) is 50.9 Å². The van der Waals surface area contributed by atoms with Gasteiger partial charge in [0.1, 0.15) is 18.5 Å². The van der Waals surface area contributed by atoms with Crippen LogP contribution in [0.15, 0.2) is 48.6 Å². The molecule has 0 spiro atoms. The Kier molecular flexibility index (Phi) is 9.19. The molecule has 0 saturated carbocycles. The number of allylic oxidation sites excluding steroid dienone is 2. The lowest BCUT2D eigenvalue weighted by Gasteiger charge is -2.16. The zero-order valence-electron chi connectivity index (χ0n) is 15.3. The first-order valence-corrected chi connectivity index (χ1v) is 9.67. The van der Waals surface area contributed by atoms with E-state index in [1.54, 1.807) is 30.3 Å². The summed E-state index contributed by atoms with van der Waals surface area (Å²) >= 11 is 5.90. The average molecular weight is 381 g/mol. The lowest BCUT2D eigenvalue weighted by Crippen LogP contribution is -2.23. The number of hydrogen-bond donors (Lipinski definition) is 2. The number of halogens is 1. The molecule has 26 heavy (non-hydrogen) atoms. The van der Waals surface area contributed by atoms with Crippen molar-refractivity contribution in [1.82, 2.24) is 0 Å². The summed E-state index contributed by atoms with van der Waals surface area (Å²) < 4.78 is 11.2. The first-order chi connectivity index (χ1) is 12.6. The monoisotopic (exact) mass is 380 g/mol. The third kappa shape index (κ3) is 7.12. The van der Waals surface area contributed by atoms with E-state index >= 15 is 0 Å². The Morgan fingerprint density at radius 3 is 3.00 bits per heavy atom. The predicted octanol–water partition coefficient (Wildman–Crippen LogP) is 4.15. The number of rotatable bonds is 10. The van der Waals surface area contributed by atoms with Crippen LogP contribution in [0.4, 0.5) is 0 Å². The molecule has 0 aromatic heterocycles. The molecule has 1 aliphatic rings. The van der Waals surface area contributed by atoms with Gasteiger partial charge in [-0.3, -0.25) is 0 Å². The maximum Gasteiger partial charge on any atom is 0.120 e. The Morgan fingerprint density at radius 1 is 1.38 bits per heavy atom. The third-order valence-corrected chi connectivity index (χ3v) is 4.65. The van der Waals surface area contributed by atoms with Gasteiger partial charge in [-0.1, -0.05) is 61.7 Å². The van der Waals surface area contributed by atoms with Gasteiger partial charge in [0.25, 0.3) is 0 Å². The summed E-state index contributed by atoms with van der Waals surface area (Å²) in [5, 5.41) is 20.8. The first kappa shape index (κ1) is 21.0. The van der Waals surface area contributed by atoms with Gasteiger partial charge in [0.2, 0.25) is 0 Å². The van der Waals surface area contributed by atoms with E-state index in [2.05, 4.69) is 19.1 Å². The number of unbranched alkanes of at least 4 members (excludes halogenated alkanes) is 2. The lowest BCUT2D eigenvalue weighted by molar-refractivity contribution is 0.106. The van der Waals surface area contributed by atoms with Crippen molar-refractivity contribution in [2.75, 3.05) is 13.2 Å². The quantitative estimate of drug-likeness (QED) is 0.473. The Morgan fingerprint density at radius 2 is 2.23 bits per heavy atom. The van der Waals surface area contributed by atoms with Crippen LogP contribution in [0, 0.1) is 5.92 Å². The highest BCUT2D eigenvalue weighted by atomic mass is 35.5. The van der Waals surface area contributed by atoms with Crippen LogP contribution in [-0.2, 0) is 4.74 Å². The van der Waals surface area contributed by atoms with Crippen LogP contribution < -0.4 is 4.74 Å². The predicted molar refractivity (Wildman–Crippen MR) is 105 cm³/mol. The maximum atomic E-state index is 10.1. The normalized spacial score (nSPS) is 24.5. The topological polar surface area (TPSA) is 58.9 Å². The van der Waals surface area contributed by atoms with Crippen LogP contribution in [-0.4, -0.2) is 41.7 Å². The zero-order chi connectivity index (χ0) is 18.8. The number of aliphatic hydroxyl groups excluding tert-OH is 2. The van der Waals surface area contributed by atoms with Crippen LogP contribution >= 0.6 is 11.6 Å². The van der Waals surface area contributed by atoms with Crippen molar-refractivity contribution in [3.8, 4) is 5.75 Å². The van der Waals surface area contributed by atoms with Crippen LogP contribution in [0.5, 0.6) is 5.75 Å². The summed E-state index contributed by atoms with van der Waals surface area (Å²) in [5.74, 6) is 0.637. The van der Waals surface area contributed by atoms with Crippen molar-refractivity contribution in [3.63, 3.8) is 0 Å². The van der Waals surface area contributed by atoms with Gasteiger partial charge >= 0.3 is 0 Å². The van der Waals surface area contributed by atoms with Crippen LogP contribution in [0.25, 0.3) is 0 Å². The van der Waals surface area contributed by atoms with E-state index in [4.69, 9.17) is 21.1 Å². The molecule has 1 aliphatic heterocycles. The standard InChI is InChI=1S/C21H29ClO4/c1-2-3-4-5-6-10-19-20(24)15-26-21(19)12-11-17(23)14-25-18-9-7-8-16(22)13-18/h5-9,11-13,17,19-21,23-24H,2-4,10,14-15H2,1H3/b6-5-,12-11+/t17-,19+,20+,21-/m1/s1. The maximum absolute atomic E-state index is 10.1. The minimum atomic E-state index is -0.754. The molecule has 0 bridgehead atoms. The fraction of sp³-hybridized carbons (Fsp3) is 0.524. The molecule has 0 aliphatic carbocycles. The number of ether oxygens (including phenoxy) is 2. The Bertz CT molecular complexity index is 587. The van der Waals surface area contributed by atoms with Crippen LogP contribution in [0.3, 0.4) is 0 Å². The van der Waals surface area contributed by atoms with Gasteiger partial charge < -0.3 is 19.7 Å². The van der Waals surface area contributed by atoms with Gasteiger partial charge in [-0.2, -0.15) is 0 Å². The molecule has 144 valence electrons. The second-order valence-electron chi connectivity index (χ2n) is 6.60. The highest BCUT2D eigenvalue weighted by Crippen LogP contribution is 2.26. The van der Waals surface area contributed by atoms with Crippen LogP contribution in [0.1, 0.15) is 32.6 Å². The molecule has 1 heterocycles. The molecule has 0 unspecified atom stereocenters. The summed E-state index contributed by atoms with van der Waals surface area (Å²) in [7, 11) is 0. The first-order valence-electron chi connectivity index (χ1n) is 9.29. The van der Waals surface area contributed by atoms with Crippen LogP contribution in [0.2, 0.25) is 5.02 Å². The molecule has 1 fully saturated rings. The van der Waals surface area contributed by atoms with Gasteiger partial charge in [-0.25, -0.2) is 0 Å². The molecule has 1 aromatic rings. The molecule has 1 aromatic carbocycles. The summed E-state index contributed by atoms with van der Waals surface area (Å²) in [4.78, 5) is 0. The fourth-order valence-corrected chi connectivity index (χ4v) is 3.07. The van der Waals surface area contributed by atoms with E-state index in [0.29, 0.717) is 17.4 Å². The third-order valence-electron chi connectivity index (χ3n) is 4.41. The van der Waals surface area contributed by atoms with Crippen molar-refractivity contribution in [1.29, 1.82) is 0 Å². The van der Waals surface area contributed by atoms with Crippen molar-refractivity contribution in [3.05, 3.63) is 53.6 Å². The van der Waals surface area contributed by atoms with E-state index in [9.17, 15) is 10.2 Å². The minimum absolute atomic E-state index is 0.0187. The van der Waals surface area contributed by atoms with E-state index in [-0.39, 0.29) is 18.6 Å². The molecule has 4 atom stereocenters. The van der Waals surface area contributed by atoms with Crippen molar-refractivity contribution < 1.29 is 19.7 Å². The lowest BCUT2D eigenvalue weighted by atomic mass is 9.94. The smallest absolute Gasteiger partial charge is 0.120 e. The number of aliphatic hydroxyl groups is 2. The zero-order valence-corrected chi connectivity index (χ0v) is 16.0. The molecule has 2 N–H and O–H groups in total. The SMILES string of the molecule is CCCC/C=C\C[C@H]1[C@@H](O)CO[C@@H]1/C=C/[C@@H](O)COc1cccc(Cl)c1. The van der Waals surface area contributed by atoms with Gasteiger partial charge in [0.05, 0.1) is 18.8 Å². The Labute approximate surface area is 161 Å². The molecular formula is C21H29ClO4. The molecule has 4 nitrogen and oxygen atoms in total.